The normalized spacial score (nSPS) is 19.8. The number of hydrogen-bond acceptors (Lipinski definition) is 3. The lowest BCUT2D eigenvalue weighted by Gasteiger charge is -2.25. The minimum Gasteiger partial charge on any atom is -0.434 e. The van der Waals surface area contributed by atoms with Gasteiger partial charge in [-0.15, -0.1) is 11.8 Å². The molecular formula is C20H20ClF2NO2S. The van der Waals surface area contributed by atoms with Crippen LogP contribution in [0.2, 0.25) is 5.02 Å². The van der Waals surface area contributed by atoms with Crippen LogP contribution in [0.4, 0.5) is 8.78 Å². The second-order valence-electron chi connectivity index (χ2n) is 6.59. The lowest BCUT2D eigenvalue weighted by Crippen LogP contribution is -2.29. The van der Waals surface area contributed by atoms with Gasteiger partial charge in [0.25, 0.3) is 0 Å². The van der Waals surface area contributed by atoms with Gasteiger partial charge in [-0.3, -0.25) is 4.79 Å². The fraction of sp³-hybridized carbons (Fsp3) is 0.350. The van der Waals surface area contributed by atoms with E-state index in [-0.39, 0.29) is 22.3 Å². The standard InChI is InChI=1S/C20H20ClF2NO2S/c1-11-8-15(9-12(2)17(11)26-20(22)23)19-24(18(25)13(3)27-19)10-14-4-6-16(21)7-5-14/h4-9,13,19-20H,10H2,1-3H3. The highest BCUT2D eigenvalue weighted by atomic mass is 35.5. The summed E-state index contributed by atoms with van der Waals surface area (Å²) in [7, 11) is 0. The maximum absolute atomic E-state index is 12.7. The summed E-state index contributed by atoms with van der Waals surface area (Å²) in [4.78, 5) is 14.5. The predicted molar refractivity (Wildman–Crippen MR) is 104 cm³/mol. The maximum atomic E-state index is 12.7. The zero-order valence-corrected chi connectivity index (χ0v) is 16.8. The molecule has 0 bridgehead atoms. The molecule has 1 heterocycles. The van der Waals surface area contributed by atoms with E-state index in [4.69, 9.17) is 11.6 Å². The van der Waals surface area contributed by atoms with E-state index in [2.05, 4.69) is 4.74 Å². The van der Waals surface area contributed by atoms with Crippen molar-refractivity contribution in [3.63, 3.8) is 0 Å². The zero-order valence-electron chi connectivity index (χ0n) is 15.2. The van der Waals surface area contributed by atoms with Crippen molar-refractivity contribution in [2.24, 2.45) is 0 Å². The van der Waals surface area contributed by atoms with Gasteiger partial charge < -0.3 is 9.64 Å². The average Bonchev–Trinajstić information content (AvgIpc) is 2.88. The van der Waals surface area contributed by atoms with Crippen LogP contribution in [0.25, 0.3) is 0 Å². The lowest BCUT2D eigenvalue weighted by molar-refractivity contribution is -0.130. The number of alkyl halides is 2. The minimum atomic E-state index is -2.86. The van der Waals surface area contributed by atoms with E-state index in [1.165, 1.54) is 0 Å². The molecule has 1 aliphatic heterocycles. The first kappa shape index (κ1) is 20.0. The smallest absolute Gasteiger partial charge is 0.387 e. The third-order valence-electron chi connectivity index (χ3n) is 4.49. The molecular weight excluding hydrogens is 392 g/mol. The number of thioether (sulfide) groups is 1. The van der Waals surface area contributed by atoms with Gasteiger partial charge in [-0.2, -0.15) is 8.78 Å². The second-order valence-corrected chi connectivity index (χ2v) is 8.45. The van der Waals surface area contributed by atoms with Crippen LogP contribution in [0.15, 0.2) is 36.4 Å². The van der Waals surface area contributed by atoms with Crippen LogP contribution in [0.5, 0.6) is 5.75 Å². The van der Waals surface area contributed by atoms with Gasteiger partial charge in [0, 0.05) is 11.6 Å². The molecule has 0 radical (unpaired) electrons. The number of hydrogen-bond donors (Lipinski definition) is 0. The molecule has 2 unspecified atom stereocenters. The molecule has 3 nitrogen and oxygen atoms in total. The highest BCUT2D eigenvalue weighted by molar-refractivity contribution is 8.01. The molecule has 7 heteroatoms. The van der Waals surface area contributed by atoms with E-state index in [1.807, 2.05) is 36.1 Å². The topological polar surface area (TPSA) is 29.5 Å². The van der Waals surface area contributed by atoms with Crippen LogP contribution >= 0.6 is 23.4 Å². The minimum absolute atomic E-state index is 0.0585. The Morgan fingerprint density at radius 3 is 2.33 bits per heavy atom. The van der Waals surface area contributed by atoms with Crippen LogP contribution in [-0.2, 0) is 11.3 Å². The highest BCUT2D eigenvalue weighted by Gasteiger charge is 2.38. The fourth-order valence-electron chi connectivity index (χ4n) is 3.28. The van der Waals surface area contributed by atoms with E-state index in [0.717, 1.165) is 11.1 Å². The third-order valence-corrected chi connectivity index (χ3v) is 6.13. The van der Waals surface area contributed by atoms with E-state index >= 15 is 0 Å². The van der Waals surface area contributed by atoms with Crippen molar-refractivity contribution in [2.45, 2.75) is 44.6 Å². The molecule has 2 atom stereocenters. The molecule has 0 saturated carbocycles. The summed E-state index contributed by atoms with van der Waals surface area (Å²) >= 11 is 7.50. The quantitative estimate of drug-likeness (QED) is 0.630. The molecule has 0 N–H and O–H groups in total. The molecule has 2 aromatic rings. The average molecular weight is 412 g/mol. The number of amides is 1. The Morgan fingerprint density at radius 2 is 1.78 bits per heavy atom. The van der Waals surface area contributed by atoms with Crippen LogP contribution in [0, 0.1) is 13.8 Å². The second kappa shape index (κ2) is 8.07. The first-order valence-electron chi connectivity index (χ1n) is 8.52. The van der Waals surface area contributed by atoms with Crippen LogP contribution in [-0.4, -0.2) is 22.7 Å². The summed E-state index contributed by atoms with van der Waals surface area (Å²) < 4.78 is 29.9. The zero-order chi connectivity index (χ0) is 19.7. The lowest BCUT2D eigenvalue weighted by atomic mass is 10.0. The van der Waals surface area contributed by atoms with E-state index in [1.54, 1.807) is 37.7 Å². The molecule has 0 aliphatic carbocycles. The fourth-order valence-corrected chi connectivity index (χ4v) is 4.66. The first-order chi connectivity index (χ1) is 12.8. The van der Waals surface area contributed by atoms with Gasteiger partial charge in [0.2, 0.25) is 5.91 Å². The van der Waals surface area contributed by atoms with Crippen molar-refractivity contribution < 1.29 is 18.3 Å². The van der Waals surface area contributed by atoms with Crippen molar-refractivity contribution in [1.82, 2.24) is 4.90 Å². The van der Waals surface area contributed by atoms with Gasteiger partial charge in [-0.25, -0.2) is 0 Å². The highest BCUT2D eigenvalue weighted by Crippen LogP contribution is 2.45. The molecule has 0 aromatic heterocycles. The van der Waals surface area contributed by atoms with E-state index < -0.39 is 6.61 Å². The summed E-state index contributed by atoms with van der Waals surface area (Å²) in [5.74, 6) is 0.253. The van der Waals surface area contributed by atoms with Crippen molar-refractivity contribution in [3.05, 3.63) is 63.7 Å². The number of benzene rings is 2. The van der Waals surface area contributed by atoms with Gasteiger partial charge >= 0.3 is 6.61 Å². The largest absolute Gasteiger partial charge is 0.434 e. The van der Waals surface area contributed by atoms with Crippen LogP contribution in [0.3, 0.4) is 0 Å². The third kappa shape index (κ3) is 4.38. The maximum Gasteiger partial charge on any atom is 0.387 e. The Labute approximate surface area is 166 Å². The Morgan fingerprint density at radius 1 is 1.19 bits per heavy atom. The number of nitrogens with zero attached hydrogens (tertiary/aromatic N) is 1. The molecule has 1 amide bonds. The predicted octanol–water partition coefficient (Wildman–Crippen LogP) is 5.72. The SMILES string of the molecule is Cc1cc(C2SC(C)C(=O)N2Cc2ccc(Cl)cc2)cc(C)c1OC(F)F. The molecule has 144 valence electrons. The molecule has 2 aromatic carbocycles. The Kier molecular flexibility index (Phi) is 5.96. The number of carbonyl (C=O) groups excluding carboxylic acids is 1. The van der Waals surface area contributed by atoms with Crippen molar-refractivity contribution in [1.29, 1.82) is 0 Å². The van der Waals surface area contributed by atoms with Crippen molar-refractivity contribution in [2.75, 3.05) is 0 Å². The summed E-state index contributed by atoms with van der Waals surface area (Å²) in [6.07, 6.45) is 0. The van der Waals surface area contributed by atoms with Gasteiger partial charge in [0.1, 0.15) is 11.1 Å². The van der Waals surface area contributed by atoms with Crippen LogP contribution < -0.4 is 4.74 Å². The van der Waals surface area contributed by atoms with Crippen LogP contribution in [0.1, 0.15) is 34.6 Å². The molecule has 1 aliphatic rings. The Balaban J connectivity index is 1.91. The van der Waals surface area contributed by atoms with Crippen molar-refractivity contribution >= 4 is 29.3 Å². The number of halogens is 3. The molecule has 0 spiro atoms. The number of rotatable bonds is 5. The first-order valence-corrected chi connectivity index (χ1v) is 9.84. The van der Waals surface area contributed by atoms with Crippen molar-refractivity contribution in [3.8, 4) is 5.75 Å². The molecule has 1 fully saturated rings. The Hall–Kier alpha value is -1.79. The summed E-state index contributed by atoms with van der Waals surface area (Å²) in [5, 5.41) is 0.299. The summed E-state index contributed by atoms with van der Waals surface area (Å²) in [6.45, 7) is 2.96. The number of aryl methyl sites for hydroxylation is 2. The van der Waals surface area contributed by atoms with E-state index in [0.29, 0.717) is 22.7 Å². The summed E-state index contributed by atoms with van der Waals surface area (Å²) in [6, 6.07) is 11.0. The van der Waals surface area contributed by atoms with Gasteiger partial charge in [-0.1, -0.05) is 23.7 Å². The molecule has 1 saturated heterocycles. The van der Waals surface area contributed by atoms with Gasteiger partial charge in [0.15, 0.2) is 0 Å². The Bertz CT molecular complexity index is 821. The number of ether oxygens (including phenoxy) is 1. The van der Waals surface area contributed by atoms with Gasteiger partial charge in [-0.05, 0) is 67.3 Å². The molecule has 27 heavy (non-hydrogen) atoms. The number of carbonyl (C=O) groups is 1. The molecule has 3 rings (SSSR count). The monoisotopic (exact) mass is 411 g/mol. The van der Waals surface area contributed by atoms with Gasteiger partial charge in [0.05, 0.1) is 5.25 Å². The van der Waals surface area contributed by atoms with E-state index in [9.17, 15) is 13.6 Å². The summed E-state index contributed by atoms with van der Waals surface area (Å²) in [5.41, 5.74) is 3.15.